The van der Waals surface area contributed by atoms with Gasteiger partial charge in [0.15, 0.2) is 10.9 Å². The summed E-state index contributed by atoms with van der Waals surface area (Å²) in [6.07, 6.45) is 1.32. The lowest BCUT2D eigenvalue weighted by Gasteiger charge is -2.04. The maximum absolute atomic E-state index is 11.1. The fourth-order valence-electron chi connectivity index (χ4n) is 1.46. The number of oxime groups is 1. The van der Waals surface area contributed by atoms with Crippen LogP contribution in [0.2, 0.25) is 0 Å². The van der Waals surface area contributed by atoms with Crippen LogP contribution in [-0.4, -0.2) is 21.0 Å². The third-order valence-corrected chi connectivity index (χ3v) is 4.01. The lowest BCUT2D eigenvalue weighted by molar-refractivity contribution is -0.388. The largest absolute Gasteiger partial charge is 0.409 e. The molecule has 0 atom stereocenters. The van der Waals surface area contributed by atoms with Gasteiger partial charge < -0.3 is 10.9 Å². The van der Waals surface area contributed by atoms with Crippen LogP contribution in [0.1, 0.15) is 5.56 Å². The van der Waals surface area contributed by atoms with Crippen molar-refractivity contribution in [2.24, 2.45) is 10.9 Å². The van der Waals surface area contributed by atoms with Crippen molar-refractivity contribution in [1.29, 1.82) is 0 Å². The molecule has 0 saturated carbocycles. The summed E-state index contributed by atoms with van der Waals surface area (Å²) in [7, 11) is 0. The van der Waals surface area contributed by atoms with E-state index in [0.29, 0.717) is 0 Å². The Morgan fingerprint density at radius 1 is 1.43 bits per heavy atom. The minimum atomic E-state index is -0.553. The minimum absolute atomic E-state index is 0.185. The molecule has 0 spiro atoms. The van der Waals surface area contributed by atoms with E-state index >= 15 is 0 Å². The van der Waals surface area contributed by atoms with Gasteiger partial charge in [-0.2, -0.15) is 0 Å². The van der Waals surface area contributed by atoms with Crippen LogP contribution < -0.4 is 5.73 Å². The first-order chi connectivity index (χ1) is 10.0. The highest BCUT2D eigenvalue weighted by Gasteiger charge is 2.18. The number of amidine groups is 1. The Bertz CT molecular complexity index is 706. The Hall–Kier alpha value is -2.13. The SMILES string of the molecule is N/C(=N/O)c1cnc(Sc2ccc(Br)cc2)c([N+](=O)[O-])c1. The summed E-state index contributed by atoms with van der Waals surface area (Å²) in [5, 5.41) is 22.8. The number of rotatable bonds is 4. The second kappa shape index (κ2) is 6.55. The van der Waals surface area contributed by atoms with Crippen LogP contribution in [0.4, 0.5) is 5.69 Å². The Morgan fingerprint density at radius 3 is 2.67 bits per heavy atom. The molecular formula is C12H9BrN4O3S. The lowest BCUT2D eigenvalue weighted by atomic mass is 10.2. The normalized spacial score (nSPS) is 11.4. The summed E-state index contributed by atoms with van der Waals surface area (Å²) >= 11 is 4.48. The number of nitrogens with two attached hydrogens (primary N) is 1. The molecule has 21 heavy (non-hydrogen) atoms. The van der Waals surface area contributed by atoms with Crippen LogP contribution >= 0.6 is 27.7 Å². The van der Waals surface area contributed by atoms with E-state index in [9.17, 15) is 10.1 Å². The zero-order valence-corrected chi connectivity index (χ0v) is 12.8. The molecule has 3 N–H and O–H groups in total. The monoisotopic (exact) mass is 368 g/mol. The number of nitrogens with zero attached hydrogens (tertiary/aromatic N) is 3. The van der Waals surface area contributed by atoms with Crippen molar-refractivity contribution in [1.82, 2.24) is 4.98 Å². The third kappa shape index (κ3) is 3.70. The first kappa shape index (κ1) is 15.3. The number of nitro groups is 1. The van der Waals surface area contributed by atoms with E-state index in [1.54, 1.807) is 0 Å². The average molecular weight is 369 g/mol. The molecule has 0 fully saturated rings. The van der Waals surface area contributed by atoms with E-state index in [1.165, 1.54) is 12.3 Å². The highest BCUT2D eigenvalue weighted by atomic mass is 79.9. The standard InChI is InChI=1S/C12H9BrN4O3S/c13-8-1-3-9(4-2-8)21-12-10(17(19)20)5-7(6-15-12)11(14)16-18/h1-6,18H,(H2,14,16). The van der Waals surface area contributed by atoms with Crippen molar-refractivity contribution >= 4 is 39.2 Å². The van der Waals surface area contributed by atoms with Gasteiger partial charge in [-0.25, -0.2) is 4.98 Å². The van der Waals surface area contributed by atoms with E-state index in [4.69, 9.17) is 10.9 Å². The fraction of sp³-hybridized carbons (Fsp3) is 0. The van der Waals surface area contributed by atoms with Crippen LogP contribution in [-0.2, 0) is 0 Å². The summed E-state index contributed by atoms with van der Waals surface area (Å²) in [5.41, 5.74) is 5.39. The average Bonchev–Trinajstić information content (AvgIpc) is 2.49. The Labute approximate surface area is 132 Å². The second-order valence-corrected chi connectivity index (χ2v) is 5.82. The van der Waals surface area contributed by atoms with Crippen molar-refractivity contribution < 1.29 is 10.1 Å². The van der Waals surface area contributed by atoms with E-state index in [0.717, 1.165) is 21.1 Å². The van der Waals surface area contributed by atoms with Crippen molar-refractivity contribution in [3.63, 3.8) is 0 Å². The Balaban J connectivity index is 2.39. The van der Waals surface area contributed by atoms with Gasteiger partial charge in [0.25, 0.3) is 0 Å². The molecule has 9 heteroatoms. The molecule has 0 aliphatic rings. The van der Waals surface area contributed by atoms with Crippen molar-refractivity contribution in [3.05, 3.63) is 56.7 Å². The number of aromatic nitrogens is 1. The first-order valence-electron chi connectivity index (χ1n) is 5.57. The Morgan fingerprint density at radius 2 is 2.10 bits per heavy atom. The predicted octanol–water partition coefficient (Wildman–Crippen LogP) is 3.00. The van der Waals surface area contributed by atoms with Crippen molar-refractivity contribution in [2.75, 3.05) is 0 Å². The van der Waals surface area contributed by atoms with Gasteiger partial charge >= 0.3 is 5.69 Å². The second-order valence-electron chi connectivity index (χ2n) is 3.85. The molecule has 1 heterocycles. The van der Waals surface area contributed by atoms with Gasteiger partial charge in [0.1, 0.15) is 0 Å². The molecule has 0 radical (unpaired) electrons. The highest BCUT2D eigenvalue weighted by Crippen LogP contribution is 2.33. The van der Waals surface area contributed by atoms with Crippen LogP contribution in [0.3, 0.4) is 0 Å². The molecule has 2 aromatic rings. The van der Waals surface area contributed by atoms with E-state index < -0.39 is 4.92 Å². The molecule has 1 aromatic carbocycles. The van der Waals surface area contributed by atoms with E-state index in [1.807, 2.05) is 24.3 Å². The molecule has 2 rings (SSSR count). The quantitative estimate of drug-likeness (QED) is 0.282. The first-order valence-corrected chi connectivity index (χ1v) is 7.18. The summed E-state index contributed by atoms with van der Waals surface area (Å²) in [6, 6.07) is 8.52. The summed E-state index contributed by atoms with van der Waals surface area (Å²) in [5.74, 6) is -0.231. The summed E-state index contributed by atoms with van der Waals surface area (Å²) < 4.78 is 0.914. The Kier molecular flexibility index (Phi) is 4.76. The molecule has 7 nitrogen and oxygen atoms in total. The number of pyridine rings is 1. The molecule has 0 amide bonds. The van der Waals surface area contributed by atoms with Crippen LogP contribution in [0.25, 0.3) is 0 Å². The minimum Gasteiger partial charge on any atom is -0.409 e. The number of halogens is 1. The smallest absolute Gasteiger partial charge is 0.302 e. The molecule has 0 aliphatic heterocycles. The maximum Gasteiger partial charge on any atom is 0.302 e. The van der Waals surface area contributed by atoms with Gasteiger partial charge in [-0.15, -0.1) is 0 Å². The van der Waals surface area contributed by atoms with Crippen LogP contribution in [0.5, 0.6) is 0 Å². The molecule has 108 valence electrons. The fourth-order valence-corrected chi connectivity index (χ4v) is 2.57. The molecular weight excluding hydrogens is 360 g/mol. The lowest BCUT2D eigenvalue weighted by Crippen LogP contribution is -2.14. The van der Waals surface area contributed by atoms with Gasteiger partial charge in [0.2, 0.25) is 0 Å². The van der Waals surface area contributed by atoms with E-state index in [-0.39, 0.29) is 22.1 Å². The van der Waals surface area contributed by atoms with Gasteiger partial charge in [-0.1, -0.05) is 32.8 Å². The van der Waals surface area contributed by atoms with Crippen LogP contribution in [0.15, 0.2) is 56.1 Å². The predicted molar refractivity (Wildman–Crippen MR) is 81.7 cm³/mol. The maximum atomic E-state index is 11.1. The zero-order valence-electron chi connectivity index (χ0n) is 10.4. The number of hydrogen-bond acceptors (Lipinski definition) is 6. The van der Waals surface area contributed by atoms with Crippen LogP contribution in [0, 0.1) is 10.1 Å². The van der Waals surface area contributed by atoms with Gasteiger partial charge in [0, 0.05) is 27.2 Å². The van der Waals surface area contributed by atoms with Crippen molar-refractivity contribution in [3.8, 4) is 0 Å². The number of hydrogen-bond donors (Lipinski definition) is 2. The summed E-state index contributed by atoms with van der Waals surface area (Å²) in [6.45, 7) is 0. The third-order valence-electron chi connectivity index (χ3n) is 2.46. The van der Waals surface area contributed by atoms with Gasteiger partial charge in [0.05, 0.1) is 4.92 Å². The number of benzene rings is 1. The molecule has 0 aliphatic carbocycles. The van der Waals surface area contributed by atoms with E-state index in [2.05, 4.69) is 26.1 Å². The molecule has 1 aromatic heterocycles. The zero-order chi connectivity index (χ0) is 15.4. The molecule has 0 bridgehead atoms. The molecule has 0 unspecified atom stereocenters. The highest BCUT2D eigenvalue weighted by molar-refractivity contribution is 9.10. The van der Waals surface area contributed by atoms with Crippen molar-refractivity contribution in [2.45, 2.75) is 9.92 Å². The van der Waals surface area contributed by atoms with Gasteiger partial charge in [-0.3, -0.25) is 10.1 Å². The summed E-state index contributed by atoms with van der Waals surface area (Å²) in [4.78, 5) is 15.4. The molecule has 0 saturated heterocycles. The topological polar surface area (TPSA) is 115 Å². The van der Waals surface area contributed by atoms with Gasteiger partial charge in [-0.05, 0) is 24.3 Å².